The lowest BCUT2D eigenvalue weighted by atomic mass is 9.97. The zero-order valence-electron chi connectivity index (χ0n) is 10.5. The minimum Gasteiger partial charge on any atom is -0.342 e. The summed E-state index contributed by atoms with van der Waals surface area (Å²) in [6, 6.07) is 0. The molecule has 0 N–H and O–H groups in total. The average Bonchev–Trinajstić information content (AvgIpc) is 2.56. The Labute approximate surface area is 98.8 Å². The smallest absolute Gasteiger partial charge is 0.226 e. The number of nitrogens with zero attached hydrogens (tertiary/aromatic N) is 2. The Morgan fingerprint density at radius 1 is 1.00 bits per heavy atom. The Balaban J connectivity index is 1.89. The molecule has 2 aliphatic heterocycles. The number of hydrogen-bond acceptors (Lipinski definition) is 2. The van der Waals surface area contributed by atoms with Gasteiger partial charge in [0, 0.05) is 19.6 Å². The first kappa shape index (κ1) is 11.9. The second-order valence-corrected chi connectivity index (χ2v) is 5.34. The van der Waals surface area contributed by atoms with Gasteiger partial charge in [0.15, 0.2) is 0 Å². The van der Waals surface area contributed by atoms with E-state index in [0.29, 0.717) is 5.91 Å². The molecule has 2 heterocycles. The van der Waals surface area contributed by atoms with Crippen molar-refractivity contribution in [3.05, 3.63) is 0 Å². The van der Waals surface area contributed by atoms with Crippen molar-refractivity contribution >= 4 is 5.91 Å². The third-order valence-corrected chi connectivity index (χ3v) is 3.89. The van der Waals surface area contributed by atoms with Gasteiger partial charge in [-0.15, -0.1) is 0 Å². The summed E-state index contributed by atoms with van der Waals surface area (Å²) in [5, 5.41) is 0. The minimum atomic E-state index is 0.275. The zero-order valence-corrected chi connectivity index (χ0v) is 10.5. The molecule has 2 aliphatic rings. The maximum absolute atomic E-state index is 12.4. The second-order valence-electron chi connectivity index (χ2n) is 5.34. The summed E-state index contributed by atoms with van der Waals surface area (Å²) in [6.07, 6.45) is 7.28. The number of piperidine rings is 1. The molecule has 0 bridgehead atoms. The molecule has 2 saturated heterocycles. The summed E-state index contributed by atoms with van der Waals surface area (Å²) in [6.45, 7) is 4.12. The van der Waals surface area contributed by atoms with Gasteiger partial charge in [0.05, 0.1) is 5.92 Å². The summed E-state index contributed by atoms with van der Waals surface area (Å²) in [4.78, 5) is 16.8. The monoisotopic (exact) mass is 224 g/mol. The van der Waals surface area contributed by atoms with Crippen molar-refractivity contribution in [2.75, 3.05) is 33.2 Å². The van der Waals surface area contributed by atoms with Gasteiger partial charge in [0.2, 0.25) is 5.91 Å². The van der Waals surface area contributed by atoms with Gasteiger partial charge in [-0.05, 0) is 39.3 Å². The highest BCUT2D eigenvalue weighted by atomic mass is 16.2. The summed E-state index contributed by atoms with van der Waals surface area (Å²) in [7, 11) is 2.13. The molecule has 16 heavy (non-hydrogen) atoms. The summed E-state index contributed by atoms with van der Waals surface area (Å²) in [5.41, 5.74) is 0. The van der Waals surface area contributed by atoms with Crippen LogP contribution in [0.4, 0.5) is 0 Å². The fourth-order valence-electron chi connectivity index (χ4n) is 2.92. The lowest BCUT2D eigenvalue weighted by Crippen LogP contribution is -2.43. The third-order valence-electron chi connectivity index (χ3n) is 3.89. The van der Waals surface area contributed by atoms with Crippen molar-refractivity contribution in [2.45, 2.75) is 38.5 Å². The van der Waals surface area contributed by atoms with Gasteiger partial charge in [-0.1, -0.05) is 12.8 Å². The Morgan fingerprint density at radius 2 is 1.69 bits per heavy atom. The van der Waals surface area contributed by atoms with Gasteiger partial charge in [-0.3, -0.25) is 4.79 Å². The molecule has 0 saturated carbocycles. The van der Waals surface area contributed by atoms with E-state index < -0.39 is 0 Å². The molecule has 0 unspecified atom stereocenters. The molecule has 0 aromatic heterocycles. The van der Waals surface area contributed by atoms with Crippen molar-refractivity contribution in [3.63, 3.8) is 0 Å². The number of hydrogen-bond donors (Lipinski definition) is 0. The van der Waals surface area contributed by atoms with Crippen LogP contribution in [0.3, 0.4) is 0 Å². The molecule has 3 nitrogen and oxygen atoms in total. The number of rotatable bonds is 1. The Kier molecular flexibility index (Phi) is 4.22. The maximum atomic E-state index is 12.4. The number of carbonyl (C=O) groups is 1. The summed E-state index contributed by atoms with van der Waals surface area (Å²) < 4.78 is 0. The van der Waals surface area contributed by atoms with Crippen LogP contribution in [0.15, 0.2) is 0 Å². The van der Waals surface area contributed by atoms with Gasteiger partial charge in [-0.25, -0.2) is 0 Å². The van der Waals surface area contributed by atoms with E-state index in [-0.39, 0.29) is 5.92 Å². The summed E-state index contributed by atoms with van der Waals surface area (Å²) in [5.74, 6) is 0.699. The van der Waals surface area contributed by atoms with E-state index in [4.69, 9.17) is 0 Å². The van der Waals surface area contributed by atoms with Gasteiger partial charge in [0.1, 0.15) is 0 Å². The van der Waals surface area contributed by atoms with Crippen molar-refractivity contribution < 1.29 is 4.79 Å². The zero-order chi connectivity index (χ0) is 11.4. The van der Waals surface area contributed by atoms with Crippen molar-refractivity contribution in [1.82, 2.24) is 9.80 Å². The Hall–Kier alpha value is -0.570. The molecule has 1 atom stereocenters. The molecule has 2 rings (SSSR count). The highest BCUT2D eigenvalue weighted by Gasteiger charge is 2.27. The number of amides is 1. The quantitative estimate of drug-likeness (QED) is 0.677. The molecule has 3 heteroatoms. The van der Waals surface area contributed by atoms with E-state index in [1.807, 2.05) is 0 Å². The van der Waals surface area contributed by atoms with Crippen LogP contribution in [0.25, 0.3) is 0 Å². The Morgan fingerprint density at radius 3 is 2.31 bits per heavy atom. The molecule has 0 aromatic rings. The third kappa shape index (κ3) is 2.97. The van der Waals surface area contributed by atoms with E-state index in [2.05, 4.69) is 16.8 Å². The van der Waals surface area contributed by atoms with Crippen LogP contribution < -0.4 is 0 Å². The standard InChI is InChI=1S/C13H24N2O/c1-14-8-6-7-12(11-14)13(16)15-9-4-2-3-5-10-15/h12H,2-11H2,1H3/t12-/m1/s1. The molecular weight excluding hydrogens is 200 g/mol. The largest absolute Gasteiger partial charge is 0.342 e. The summed E-state index contributed by atoms with van der Waals surface area (Å²) >= 11 is 0. The normalized spacial score (nSPS) is 28.8. The van der Waals surface area contributed by atoms with Crippen LogP contribution in [-0.4, -0.2) is 48.9 Å². The predicted molar refractivity (Wildman–Crippen MR) is 65.3 cm³/mol. The van der Waals surface area contributed by atoms with Gasteiger partial charge in [0.25, 0.3) is 0 Å². The number of likely N-dealkylation sites (tertiary alicyclic amines) is 2. The van der Waals surface area contributed by atoms with Gasteiger partial charge in [-0.2, -0.15) is 0 Å². The predicted octanol–water partition coefficient (Wildman–Crippen LogP) is 1.73. The van der Waals surface area contributed by atoms with E-state index >= 15 is 0 Å². The van der Waals surface area contributed by atoms with Crippen LogP contribution in [0.5, 0.6) is 0 Å². The lowest BCUT2D eigenvalue weighted by molar-refractivity contribution is -0.137. The van der Waals surface area contributed by atoms with Crippen LogP contribution in [0.1, 0.15) is 38.5 Å². The molecule has 0 aromatic carbocycles. The van der Waals surface area contributed by atoms with Crippen LogP contribution >= 0.6 is 0 Å². The minimum absolute atomic E-state index is 0.275. The molecule has 0 aliphatic carbocycles. The van der Waals surface area contributed by atoms with Crippen LogP contribution in [0, 0.1) is 5.92 Å². The first-order valence-electron chi connectivity index (χ1n) is 6.75. The maximum Gasteiger partial charge on any atom is 0.226 e. The van der Waals surface area contributed by atoms with E-state index in [1.165, 1.54) is 32.1 Å². The topological polar surface area (TPSA) is 23.6 Å². The molecule has 0 spiro atoms. The van der Waals surface area contributed by atoms with E-state index in [1.54, 1.807) is 0 Å². The molecule has 1 amide bonds. The lowest BCUT2D eigenvalue weighted by Gasteiger charge is -2.32. The van der Waals surface area contributed by atoms with Crippen LogP contribution in [-0.2, 0) is 4.79 Å². The van der Waals surface area contributed by atoms with Crippen molar-refractivity contribution in [2.24, 2.45) is 5.92 Å². The average molecular weight is 224 g/mol. The van der Waals surface area contributed by atoms with Crippen LogP contribution in [0.2, 0.25) is 0 Å². The fourth-order valence-corrected chi connectivity index (χ4v) is 2.92. The van der Waals surface area contributed by atoms with Crippen molar-refractivity contribution in [1.29, 1.82) is 0 Å². The molecule has 0 radical (unpaired) electrons. The first-order valence-corrected chi connectivity index (χ1v) is 6.75. The molecule has 92 valence electrons. The fraction of sp³-hybridized carbons (Fsp3) is 0.923. The SMILES string of the molecule is CN1CCC[C@@H](C(=O)N2CCCCCC2)C1. The van der Waals surface area contributed by atoms with Gasteiger partial charge >= 0.3 is 0 Å². The van der Waals surface area contributed by atoms with E-state index in [0.717, 1.165) is 32.6 Å². The highest BCUT2D eigenvalue weighted by molar-refractivity contribution is 5.79. The Bertz CT molecular complexity index is 230. The second kappa shape index (κ2) is 5.67. The molecule has 2 fully saturated rings. The molecular formula is C13H24N2O. The van der Waals surface area contributed by atoms with Gasteiger partial charge < -0.3 is 9.80 Å². The highest BCUT2D eigenvalue weighted by Crippen LogP contribution is 2.19. The first-order chi connectivity index (χ1) is 7.77. The van der Waals surface area contributed by atoms with Crippen molar-refractivity contribution in [3.8, 4) is 0 Å². The van der Waals surface area contributed by atoms with E-state index in [9.17, 15) is 4.79 Å². The number of carbonyl (C=O) groups excluding carboxylic acids is 1.